The molecule has 1 amide bonds. The van der Waals surface area contributed by atoms with Crippen molar-refractivity contribution in [3.63, 3.8) is 0 Å². The number of amides is 1. The quantitative estimate of drug-likeness (QED) is 0.0885. The van der Waals surface area contributed by atoms with E-state index in [0.717, 1.165) is 5.56 Å². The second-order valence-corrected chi connectivity index (χ2v) is 10.3. The maximum atomic E-state index is 13.3. The van der Waals surface area contributed by atoms with Crippen LogP contribution < -0.4 is 4.90 Å². The highest BCUT2D eigenvalue weighted by Gasteiger charge is 2.48. The van der Waals surface area contributed by atoms with Crippen LogP contribution in [0.3, 0.4) is 0 Å². The standard InChI is InChI=1S/C27H20N4O5S2/c1-36-25(35)19-9-7-17(8-10-19)21-20(22(32)18-11-13-28-14-12-18)23(33)24(34)31(21)26-29-30-27(38-26)37-15-16-5-3-2-4-6-16/h2-14,21,32H,15H2,1H3. The van der Waals surface area contributed by atoms with Crippen molar-refractivity contribution in [2.75, 3.05) is 12.0 Å². The molecular formula is C27H20N4O5S2. The Kier molecular flexibility index (Phi) is 7.29. The summed E-state index contributed by atoms with van der Waals surface area (Å²) in [6.07, 6.45) is 2.96. The van der Waals surface area contributed by atoms with E-state index in [4.69, 9.17) is 4.74 Å². The molecule has 0 radical (unpaired) electrons. The zero-order chi connectivity index (χ0) is 26.6. The molecule has 5 rings (SSSR count). The molecule has 11 heteroatoms. The summed E-state index contributed by atoms with van der Waals surface area (Å²) in [4.78, 5) is 43.7. The predicted molar refractivity (Wildman–Crippen MR) is 143 cm³/mol. The number of methoxy groups -OCH3 is 1. The fourth-order valence-corrected chi connectivity index (χ4v) is 5.83. The van der Waals surface area contributed by atoms with Gasteiger partial charge >= 0.3 is 11.9 Å². The number of ketones is 1. The van der Waals surface area contributed by atoms with Crippen LogP contribution in [0.1, 0.15) is 33.1 Å². The first-order valence-electron chi connectivity index (χ1n) is 11.4. The summed E-state index contributed by atoms with van der Waals surface area (Å²) in [5, 5.41) is 19.8. The Morgan fingerprint density at radius 3 is 2.39 bits per heavy atom. The molecule has 3 heterocycles. The van der Waals surface area contributed by atoms with E-state index in [2.05, 4.69) is 15.2 Å². The number of esters is 1. The van der Waals surface area contributed by atoms with E-state index >= 15 is 0 Å². The number of thioether (sulfide) groups is 1. The maximum Gasteiger partial charge on any atom is 0.337 e. The fourth-order valence-electron chi connectivity index (χ4n) is 4.01. The Hall–Kier alpha value is -4.35. The molecule has 1 unspecified atom stereocenters. The van der Waals surface area contributed by atoms with Crippen molar-refractivity contribution in [3.05, 3.63) is 107 Å². The average Bonchev–Trinajstić information content (AvgIpc) is 3.54. The molecule has 190 valence electrons. The van der Waals surface area contributed by atoms with Crippen molar-refractivity contribution in [3.8, 4) is 0 Å². The summed E-state index contributed by atoms with van der Waals surface area (Å²) in [5.74, 6) is -1.88. The molecule has 0 spiro atoms. The van der Waals surface area contributed by atoms with E-state index < -0.39 is 23.7 Å². The van der Waals surface area contributed by atoms with Crippen LogP contribution in [-0.2, 0) is 20.1 Å². The van der Waals surface area contributed by atoms with Crippen LogP contribution in [0.4, 0.5) is 5.13 Å². The van der Waals surface area contributed by atoms with Crippen LogP contribution in [0.25, 0.3) is 5.76 Å². The third kappa shape index (κ3) is 4.93. The van der Waals surface area contributed by atoms with E-state index in [0.29, 0.717) is 26.8 Å². The highest BCUT2D eigenvalue weighted by molar-refractivity contribution is 8.00. The number of hydrogen-bond acceptors (Lipinski definition) is 10. The minimum atomic E-state index is -0.991. The number of benzene rings is 2. The van der Waals surface area contributed by atoms with Crippen LogP contribution in [-0.4, -0.2) is 45.1 Å². The largest absolute Gasteiger partial charge is 0.507 e. The molecule has 1 fully saturated rings. The van der Waals surface area contributed by atoms with Crippen LogP contribution in [0.15, 0.2) is 89.0 Å². The zero-order valence-corrected chi connectivity index (χ0v) is 21.6. The molecule has 1 saturated heterocycles. The number of nitrogens with zero attached hydrogens (tertiary/aromatic N) is 4. The smallest absolute Gasteiger partial charge is 0.337 e. The van der Waals surface area contributed by atoms with Crippen molar-refractivity contribution in [1.29, 1.82) is 0 Å². The van der Waals surface area contributed by atoms with Crippen LogP contribution in [0.5, 0.6) is 0 Å². The summed E-state index contributed by atoms with van der Waals surface area (Å²) in [6, 6.07) is 18.3. The van der Waals surface area contributed by atoms with Gasteiger partial charge in [0.25, 0.3) is 5.78 Å². The van der Waals surface area contributed by atoms with Crippen molar-refractivity contribution in [2.24, 2.45) is 0 Å². The number of hydrogen-bond donors (Lipinski definition) is 1. The van der Waals surface area contributed by atoms with Gasteiger partial charge in [0.05, 0.1) is 24.3 Å². The minimum Gasteiger partial charge on any atom is -0.507 e. The van der Waals surface area contributed by atoms with Gasteiger partial charge in [-0.15, -0.1) is 10.2 Å². The van der Waals surface area contributed by atoms with Gasteiger partial charge in [-0.25, -0.2) is 4.79 Å². The molecule has 1 aliphatic rings. The molecule has 9 nitrogen and oxygen atoms in total. The number of carbonyl (C=O) groups is 3. The first-order valence-corrected chi connectivity index (χ1v) is 13.2. The molecule has 0 aliphatic carbocycles. The Balaban J connectivity index is 1.55. The Bertz CT molecular complexity index is 1520. The highest BCUT2D eigenvalue weighted by Crippen LogP contribution is 2.44. The molecule has 0 saturated carbocycles. The summed E-state index contributed by atoms with van der Waals surface area (Å²) >= 11 is 2.65. The van der Waals surface area contributed by atoms with E-state index in [1.54, 1.807) is 24.3 Å². The number of anilines is 1. The minimum absolute atomic E-state index is 0.0966. The summed E-state index contributed by atoms with van der Waals surface area (Å²) in [6.45, 7) is 0. The molecule has 0 bridgehead atoms. The Morgan fingerprint density at radius 1 is 1.00 bits per heavy atom. The Morgan fingerprint density at radius 2 is 1.71 bits per heavy atom. The molecule has 1 atom stereocenters. The second kappa shape index (κ2) is 11.0. The lowest BCUT2D eigenvalue weighted by atomic mass is 9.95. The van der Waals surface area contributed by atoms with Crippen LogP contribution in [0, 0.1) is 0 Å². The van der Waals surface area contributed by atoms with Gasteiger partial charge in [0.2, 0.25) is 5.13 Å². The average molecular weight is 545 g/mol. The first kappa shape index (κ1) is 25.3. The molecule has 4 aromatic rings. The summed E-state index contributed by atoms with van der Waals surface area (Å²) < 4.78 is 5.39. The summed E-state index contributed by atoms with van der Waals surface area (Å²) in [7, 11) is 1.28. The van der Waals surface area contributed by atoms with Gasteiger partial charge in [-0.3, -0.25) is 19.5 Å². The van der Waals surface area contributed by atoms with Gasteiger partial charge in [-0.1, -0.05) is 65.6 Å². The van der Waals surface area contributed by atoms with Crippen molar-refractivity contribution in [1.82, 2.24) is 15.2 Å². The SMILES string of the molecule is COC(=O)c1ccc(C2C(=C(O)c3ccncc3)C(=O)C(=O)N2c2nnc(SCc3ccccc3)s2)cc1. The highest BCUT2D eigenvalue weighted by atomic mass is 32.2. The third-order valence-electron chi connectivity index (χ3n) is 5.85. The predicted octanol–water partition coefficient (Wildman–Crippen LogP) is 4.64. The lowest BCUT2D eigenvalue weighted by Crippen LogP contribution is -2.29. The number of pyridine rings is 1. The Labute approximate surface area is 225 Å². The van der Waals surface area contributed by atoms with E-state index in [9.17, 15) is 19.5 Å². The van der Waals surface area contributed by atoms with E-state index in [1.807, 2.05) is 30.3 Å². The van der Waals surface area contributed by atoms with E-state index in [-0.39, 0.29) is 16.5 Å². The van der Waals surface area contributed by atoms with Crippen LogP contribution >= 0.6 is 23.1 Å². The monoisotopic (exact) mass is 544 g/mol. The molecule has 2 aromatic carbocycles. The fraction of sp³-hybridized carbons (Fsp3) is 0.111. The van der Waals surface area contributed by atoms with Crippen LogP contribution in [0.2, 0.25) is 0 Å². The molecular weight excluding hydrogens is 524 g/mol. The molecule has 38 heavy (non-hydrogen) atoms. The van der Waals surface area contributed by atoms with Crippen molar-refractivity contribution >= 4 is 51.6 Å². The zero-order valence-electron chi connectivity index (χ0n) is 20.0. The van der Waals surface area contributed by atoms with Gasteiger partial charge in [-0.2, -0.15) is 0 Å². The molecule has 1 N–H and O–H groups in total. The van der Waals surface area contributed by atoms with Gasteiger partial charge in [0, 0.05) is 23.7 Å². The first-order chi connectivity index (χ1) is 18.5. The normalized spacial score (nSPS) is 16.6. The van der Waals surface area contributed by atoms with E-state index in [1.165, 1.54) is 59.6 Å². The number of carbonyl (C=O) groups excluding carboxylic acids is 3. The van der Waals surface area contributed by atoms with Crippen molar-refractivity contribution in [2.45, 2.75) is 16.1 Å². The number of rotatable bonds is 7. The lowest BCUT2D eigenvalue weighted by molar-refractivity contribution is -0.132. The summed E-state index contributed by atoms with van der Waals surface area (Å²) in [5.41, 5.74) is 2.16. The maximum absolute atomic E-state index is 13.3. The van der Waals surface area contributed by atoms with Gasteiger partial charge in [0.15, 0.2) is 4.34 Å². The number of ether oxygens (including phenoxy) is 1. The molecule has 1 aliphatic heterocycles. The lowest BCUT2D eigenvalue weighted by Gasteiger charge is -2.22. The second-order valence-electron chi connectivity index (χ2n) is 8.14. The number of aliphatic hydroxyl groups is 1. The van der Waals surface area contributed by atoms with Crippen molar-refractivity contribution < 1.29 is 24.2 Å². The topological polar surface area (TPSA) is 123 Å². The number of aliphatic hydroxyl groups excluding tert-OH is 1. The molecule has 2 aromatic heterocycles. The number of Topliss-reactive ketones (excluding diaryl/α,β-unsaturated/α-hetero) is 1. The van der Waals surface area contributed by atoms with Gasteiger partial charge in [-0.05, 0) is 35.4 Å². The van der Waals surface area contributed by atoms with Gasteiger partial charge < -0.3 is 9.84 Å². The number of aromatic nitrogens is 3. The third-order valence-corrected chi connectivity index (χ3v) is 7.98. The van der Waals surface area contributed by atoms with Gasteiger partial charge in [0.1, 0.15) is 5.76 Å².